The van der Waals surface area contributed by atoms with E-state index in [1.165, 1.54) is 0 Å². The third kappa shape index (κ3) is 2.21. The van der Waals surface area contributed by atoms with E-state index in [0.717, 1.165) is 15.6 Å². The maximum absolute atomic E-state index is 12.2. The van der Waals surface area contributed by atoms with Crippen molar-refractivity contribution in [3.8, 4) is 0 Å². The van der Waals surface area contributed by atoms with Crippen LogP contribution < -0.4 is 0 Å². The Balaban J connectivity index is 2.37. The van der Waals surface area contributed by atoms with E-state index in [2.05, 4.69) is 15.9 Å². The second kappa shape index (κ2) is 4.84. The quantitative estimate of drug-likeness (QED) is 0.623. The van der Waals surface area contributed by atoms with Gasteiger partial charge in [-0.05, 0) is 43.5 Å². The van der Waals surface area contributed by atoms with Crippen LogP contribution in [0.15, 0.2) is 22.7 Å². The van der Waals surface area contributed by atoms with E-state index in [0.29, 0.717) is 19.4 Å². The predicted octanol–water partition coefficient (Wildman–Crippen LogP) is 2.69. The Morgan fingerprint density at radius 3 is 2.83 bits per heavy atom. The molecular formula is C14H15BrO3. The molecule has 0 bridgehead atoms. The molecule has 1 aliphatic rings. The number of ether oxygens (including phenoxy) is 1. The number of Topliss-reactive ketones (excluding diaryl/α,β-unsaturated/α-hetero) is 1. The van der Waals surface area contributed by atoms with E-state index in [-0.39, 0.29) is 5.78 Å². The summed E-state index contributed by atoms with van der Waals surface area (Å²) in [7, 11) is 0. The van der Waals surface area contributed by atoms with Crippen molar-refractivity contribution in [1.29, 1.82) is 0 Å². The first kappa shape index (κ1) is 13.3. The topological polar surface area (TPSA) is 43.4 Å². The Morgan fingerprint density at radius 1 is 1.44 bits per heavy atom. The number of benzene rings is 1. The molecule has 96 valence electrons. The number of rotatable bonds is 2. The van der Waals surface area contributed by atoms with Crippen molar-refractivity contribution in [3.63, 3.8) is 0 Å². The molecule has 18 heavy (non-hydrogen) atoms. The summed E-state index contributed by atoms with van der Waals surface area (Å²) in [4.78, 5) is 24.1. The fourth-order valence-electron chi connectivity index (χ4n) is 2.26. The van der Waals surface area contributed by atoms with Crippen molar-refractivity contribution in [2.45, 2.75) is 26.7 Å². The average Bonchev–Trinajstić information content (AvgIpc) is 2.31. The maximum atomic E-state index is 12.2. The maximum Gasteiger partial charge on any atom is 0.319 e. The standard InChI is InChI=1S/C14H15BrO3/c1-3-18-13(17)14(2)8-10-6-11(15)5-4-9(10)7-12(14)16/h4-6H,3,7-8H2,1-2H3. The third-order valence-corrected chi connectivity index (χ3v) is 3.90. The van der Waals surface area contributed by atoms with Crippen LogP contribution in [0.3, 0.4) is 0 Å². The van der Waals surface area contributed by atoms with Crippen molar-refractivity contribution in [1.82, 2.24) is 0 Å². The lowest BCUT2D eigenvalue weighted by molar-refractivity contribution is -0.159. The summed E-state index contributed by atoms with van der Waals surface area (Å²) in [6, 6.07) is 5.82. The number of ketones is 1. The van der Waals surface area contributed by atoms with Crippen LogP contribution >= 0.6 is 15.9 Å². The normalized spacial score (nSPS) is 22.5. The molecule has 0 saturated carbocycles. The lowest BCUT2D eigenvalue weighted by atomic mass is 9.72. The fourth-order valence-corrected chi connectivity index (χ4v) is 2.66. The molecule has 0 aromatic heterocycles. The van der Waals surface area contributed by atoms with Crippen LogP contribution in [0.5, 0.6) is 0 Å². The van der Waals surface area contributed by atoms with Crippen molar-refractivity contribution in [3.05, 3.63) is 33.8 Å². The molecular weight excluding hydrogens is 296 g/mol. The molecule has 1 aromatic rings. The van der Waals surface area contributed by atoms with E-state index >= 15 is 0 Å². The third-order valence-electron chi connectivity index (χ3n) is 3.40. The Hall–Kier alpha value is -1.16. The number of hydrogen-bond acceptors (Lipinski definition) is 3. The van der Waals surface area contributed by atoms with Crippen LogP contribution in [-0.4, -0.2) is 18.4 Å². The van der Waals surface area contributed by atoms with Gasteiger partial charge in [-0.1, -0.05) is 22.0 Å². The second-order valence-electron chi connectivity index (χ2n) is 4.74. The molecule has 0 radical (unpaired) electrons. The van der Waals surface area contributed by atoms with E-state index < -0.39 is 11.4 Å². The molecule has 1 aromatic carbocycles. The lowest BCUT2D eigenvalue weighted by Gasteiger charge is -2.31. The summed E-state index contributed by atoms with van der Waals surface area (Å²) in [6.07, 6.45) is 0.720. The zero-order valence-corrected chi connectivity index (χ0v) is 12.0. The molecule has 0 amide bonds. The van der Waals surface area contributed by atoms with Gasteiger partial charge in [0.05, 0.1) is 6.61 Å². The monoisotopic (exact) mass is 310 g/mol. The minimum Gasteiger partial charge on any atom is -0.465 e. The first-order chi connectivity index (χ1) is 8.47. The molecule has 3 nitrogen and oxygen atoms in total. The highest BCUT2D eigenvalue weighted by atomic mass is 79.9. The molecule has 0 heterocycles. The van der Waals surface area contributed by atoms with Crippen LogP contribution in [0, 0.1) is 5.41 Å². The van der Waals surface area contributed by atoms with Crippen LogP contribution in [0.25, 0.3) is 0 Å². The Labute approximate surface area is 115 Å². The highest BCUT2D eigenvalue weighted by Gasteiger charge is 2.45. The van der Waals surface area contributed by atoms with Crippen molar-refractivity contribution < 1.29 is 14.3 Å². The molecule has 1 atom stereocenters. The van der Waals surface area contributed by atoms with E-state index in [1.54, 1.807) is 13.8 Å². The molecule has 1 aliphatic carbocycles. The summed E-state index contributed by atoms with van der Waals surface area (Å²) in [5.74, 6) is -0.476. The number of esters is 1. The van der Waals surface area contributed by atoms with Gasteiger partial charge in [0.1, 0.15) is 5.41 Å². The van der Waals surface area contributed by atoms with Gasteiger partial charge in [-0.2, -0.15) is 0 Å². The largest absolute Gasteiger partial charge is 0.465 e. The first-order valence-electron chi connectivity index (χ1n) is 5.95. The number of hydrogen-bond donors (Lipinski definition) is 0. The molecule has 0 N–H and O–H groups in total. The molecule has 0 fully saturated rings. The summed E-state index contributed by atoms with van der Waals surface area (Å²) in [5, 5.41) is 0. The zero-order valence-electron chi connectivity index (χ0n) is 10.5. The van der Waals surface area contributed by atoms with Gasteiger partial charge in [0.15, 0.2) is 5.78 Å². The van der Waals surface area contributed by atoms with Gasteiger partial charge >= 0.3 is 5.97 Å². The van der Waals surface area contributed by atoms with Crippen LogP contribution in [0.2, 0.25) is 0 Å². The number of halogens is 1. The van der Waals surface area contributed by atoms with Crippen LogP contribution in [-0.2, 0) is 27.2 Å². The smallest absolute Gasteiger partial charge is 0.319 e. The first-order valence-corrected chi connectivity index (χ1v) is 6.74. The highest BCUT2D eigenvalue weighted by molar-refractivity contribution is 9.10. The molecule has 2 rings (SSSR count). The highest BCUT2D eigenvalue weighted by Crippen LogP contribution is 2.35. The van der Waals surface area contributed by atoms with Crippen LogP contribution in [0.4, 0.5) is 0 Å². The van der Waals surface area contributed by atoms with Gasteiger partial charge in [0.25, 0.3) is 0 Å². The van der Waals surface area contributed by atoms with Gasteiger partial charge in [0.2, 0.25) is 0 Å². The second-order valence-corrected chi connectivity index (χ2v) is 5.66. The fraction of sp³-hybridized carbons (Fsp3) is 0.429. The number of carbonyl (C=O) groups excluding carboxylic acids is 2. The van der Waals surface area contributed by atoms with Crippen LogP contribution in [0.1, 0.15) is 25.0 Å². The van der Waals surface area contributed by atoms with Crippen molar-refractivity contribution in [2.24, 2.45) is 5.41 Å². The minimum atomic E-state index is -1.04. The van der Waals surface area contributed by atoms with E-state index in [1.807, 2.05) is 18.2 Å². The minimum absolute atomic E-state index is 0.0595. The van der Waals surface area contributed by atoms with Gasteiger partial charge < -0.3 is 4.74 Å². The summed E-state index contributed by atoms with van der Waals surface area (Å²) in [6.45, 7) is 3.73. The predicted molar refractivity (Wildman–Crippen MR) is 71.3 cm³/mol. The number of carbonyl (C=O) groups is 2. The molecule has 0 aliphatic heterocycles. The summed E-state index contributed by atoms with van der Waals surface area (Å²) >= 11 is 3.41. The van der Waals surface area contributed by atoms with Gasteiger partial charge in [0, 0.05) is 10.9 Å². The lowest BCUT2D eigenvalue weighted by Crippen LogP contribution is -2.43. The Morgan fingerprint density at radius 2 is 2.17 bits per heavy atom. The summed E-state index contributed by atoms with van der Waals surface area (Å²) in [5.41, 5.74) is 1.01. The Kier molecular flexibility index (Phi) is 3.57. The molecule has 4 heteroatoms. The van der Waals surface area contributed by atoms with E-state index in [9.17, 15) is 9.59 Å². The van der Waals surface area contributed by atoms with Gasteiger partial charge in [-0.25, -0.2) is 0 Å². The summed E-state index contributed by atoms with van der Waals surface area (Å²) < 4.78 is 5.99. The van der Waals surface area contributed by atoms with Gasteiger partial charge in [-0.3, -0.25) is 9.59 Å². The van der Waals surface area contributed by atoms with Crippen molar-refractivity contribution >= 4 is 27.7 Å². The Bertz CT molecular complexity index is 510. The SMILES string of the molecule is CCOC(=O)C1(C)Cc2cc(Br)ccc2CC1=O. The van der Waals surface area contributed by atoms with E-state index in [4.69, 9.17) is 4.74 Å². The number of fused-ring (bicyclic) bond motifs is 1. The molecule has 0 saturated heterocycles. The average molecular weight is 311 g/mol. The zero-order chi connectivity index (χ0) is 13.3. The van der Waals surface area contributed by atoms with Gasteiger partial charge in [-0.15, -0.1) is 0 Å². The van der Waals surface area contributed by atoms with Crippen molar-refractivity contribution in [2.75, 3.05) is 6.61 Å². The molecule has 0 spiro atoms. The molecule has 1 unspecified atom stereocenters.